The zero-order valence-corrected chi connectivity index (χ0v) is 14.4. The summed E-state index contributed by atoms with van der Waals surface area (Å²) in [5, 5.41) is 6.74. The lowest BCUT2D eigenvalue weighted by molar-refractivity contribution is -0.116. The molecule has 0 aliphatic heterocycles. The molecule has 0 spiro atoms. The number of halogens is 3. The van der Waals surface area contributed by atoms with E-state index in [0.29, 0.717) is 12.2 Å². The molecule has 9 heteroatoms. The van der Waals surface area contributed by atoms with E-state index in [-0.39, 0.29) is 30.4 Å². The molecule has 0 saturated heterocycles. The molecule has 6 nitrogen and oxygen atoms in total. The van der Waals surface area contributed by atoms with Crippen LogP contribution in [0.1, 0.15) is 13.3 Å². The zero-order valence-electron chi connectivity index (χ0n) is 12.8. The van der Waals surface area contributed by atoms with Crippen LogP contribution in [0.4, 0.5) is 14.5 Å². The van der Waals surface area contributed by atoms with Crippen molar-refractivity contribution < 1.29 is 23.0 Å². The predicted molar refractivity (Wildman–Crippen MR) is 87.4 cm³/mol. The fourth-order valence-corrected chi connectivity index (χ4v) is 2.28. The Morgan fingerprint density at radius 2 is 2.21 bits per heavy atom. The van der Waals surface area contributed by atoms with Gasteiger partial charge in [-0.05, 0) is 35.0 Å². The maximum atomic E-state index is 12.4. The highest BCUT2D eigenvalue weighted by atomic mass is 79.9. The molecule has 1 heterocycles. The van der Waals surface area contributed by atoms with E-state index in [1.54, 1.807) is 24.0 Å². The molecule has 0 bridgehead atoms. The van der Waals surface area contributed by atoms with E-state index in [0.717, 1.165) is 4.47 Å². The van der Waals surface area contributed by atoms with Crippen LogP contribution in [0.15, 0.2) is 35.1 Å². The Morgan fingerprint density at radius 1 is 1.42 bits per heavy atom. The van der Waals surface area contributed by atoms with Crippen LogP contribution in [0.2, 0.25) is 0 Å². The number of rotatable bonds is 8. The van der Waals surface area contributed by atoms with Crippen LogP contribution < -0.4 is 14.8 Å². The summed E-state index contributed by atoms with van der Waals surface area (Å²) in [6.07, 6.45) is 3.61. The summed E-state index contributed by atoms with van der Waals surface area (Å²) in [6, 6.07) is 4.25. The van der Waals surface area contributed by atoms with Crippen LogP contribution >= 0.6 is 15.9 Å². The van der Waals surface area contributed by atoms with Crippen molar-refractivity contribution >= 4 is 27.5 Å². The minimum absolute atomic E-state index is 0.0776. The molecular formula is C15H16BrF2N3O3. The van der Waals surface area contributed by atoms with Crippen molar-refractivity contribution in [3.8, 4) is 11.5 Å². The minimum Gasteiger partial charge on any atom is -0.490 e. The zero-order chi connectivity index (χ0) is 17.5. The van der Waals surface area contributed by atoms with E-state index >= 15 is 0 Å². The number of alkyl halides is 2. The highest BCUT2D eigenvalue weighted by molar-refractivity contribution is 9.10. The van der Waals surface area contributed by atoms with Crippen molar-refractivity contribution in [2.24, 2.45) is 0 Å². The largest absolute Gasteiger partial charge is 0.490 e. The van der Waals surface area contributed by atoms with Crippen LogP contribution in [-0.4, -0.2) is 28.9 Å². The van der Waals surface area contributed by atoms with Gasteiger partial charge in [-0.1, -0.05) is 0 Å². The van der Waals surface area contributed by atoms with E-state index in [1.165, 1.54) is 18.2 Å². The maximum absolute atomic E-state index is 12.4. The van der Waals surface area contributed by atoms with Crippen molar-refractivity contribution in [3.05, 3.63) is 35.1 Å². The molecule has 0 fully saturated rings. The monoisotopic (exact) mass is 403 g/mol. The fourth-order valence-electron chi connectivity index (χ4n) is 1.95. The van der Waals surface area contributed by atoms with E-state index in [1.807, 2.05) is 0 Å². The van der Waals surface area contributed by atoms with Gasteiger partial charge in [-0.15, -0.1) is 0 Å². The summed E-state index contributed by atoms with van der Waals surface area (Å²) in [5.41, 5.74) is 0.437. The molecule has 0 unspecified atom stereocenters. The number of aryl methyl sites for hydroxylation is 1. The summed E-state index contributed by atoms with van der Waals surface area (Å²) in [6.45, 7) is -0.523. The van der Waals surface area contributed by atoms with Gasteiger partial charge in [0.05, 0.1) is 17.3 Å². The average molecular weight is 404 g/mol. The van der Waals surface area contributed by atoms with Crippen LogP contribution in [-0.2, 0) is 11.3 Å². The normalized spacial score (nSPS) is 10.7. The number of carbonyl (C=O) groups is 1. The highest BCUT2D eigenvalue weighted by Gasteiger charge is 2.12. The van der Waals surface area contributed by atoms with Gasteiger partial charge in [-0.2, -0.15) is 13.9 Å². The third kappa shape index (κ3) is 5.48. The first kappa shape index (κ1) is 18.2. The number of hydrogen-bond acceptors (Lipinski definition) is 4. The van der Waals surface area contributed by atoms with Crippen molar-refractivity contribution in [1.29, 1.82) is 0 Å². The summed E-state index contributed by atoms with van der Waals surface area (Å²) in [7, 11) is 0. The van der Waals surface area contributed by atoms with Gasteiger partial charge in [0.15, 0.2) is 11.5 Å². The van der Waals surface area contributed by atoms with E-state index in [2.05, 4.69) is 31.1 Å². The van der Waals surface area contributed by atoms with Gasteiger partial charge in [0, 0.05) is 30.9 Å². The number of benzene rings is 1. The van der Waals surface area contributed by atoms with E-state index < -0.39 is 6.61 Å². The van der Waals surface area contributed by atoms with Crippen molar-refractivity contribution in [1.82, 2.24) is 9.78 Å². The smallest absolute Gasteiger partial charge is 0.387 e. The Hall–Kier alpha value is -2.16. The van der Waals surface area contributed by atoms with Gasteiger partial charge < -0.3 is 14.8 Å². The second-order valence-electron chi connectivity index (χ2n) is 4.69. The minimum atomic E-state index is -2.95. The number of nitrogens with zero attached hydrogens (tertiary/aromatic N) is 2. The summed E-state index contributed by atoms with van der Waals surface area (Å²) >= 11 is 3.28. The van der Waals surface area contributed by atoms with Gasteiger partial charge in [0.25, 0.3) is 0 Å². The first-order valence-corrected chi connectivity index (χ1v) is 7.96. The number of hydrogen-bond donors (Lipinski definition) is 1. The second kappa shape index (κ2) is 8.62. The van der Waals surface area contributed by atoms with Crippen molar-refractivity contribution in [2.75, 3.05) is 11.9 Å². The van der Waals surface area contributed by atoms with Crippen LogP contribution in [0.5, 0.6) is 11.5 Å². The van der Waals surface area contributed by atoms with E-state index in [4.69, 9.17) is 4.74 Å². The fraction of sp³-hybridized carbons (Fsp3) is 0.333. The molecular weight excluding hydrogens is 388 g/mol. The lowest BCUT2D eigenvalue weighted by atomic mass is 10.2. The molecule has 1 N–H and O–H groups in total. The molecule has 0 saturated carbocycles. The van der Waals surface area contributed by atoms with Crippen molar-refractivity contribution in [2.45, 2.75) is 26.5 Å². The average Bonchev–Trinajstić information content (AvgIpc) is 2.93. The Kier molecular flexibility index (Phi) is 6.53. The number of anilines is 1. The lowest BCUT2D eigenvalue weighted by Crippen LogP contribution is -2.15. The van der Waals surface area contributed by atoms with Gasteiger partial charge in [0.2, 0.25) is 5.91 Å². The third-order valence-electron chi connectivity index (χ3n) is 2.91. The Balaban J connectivity index is 1.97. The summed E-state index contributed by atoms with van der Waals surface area (Å²) in [4.78, 5) is 12.0. The topological polar surface area (TPSA) is 65.4 Å². The van der Waals surface area contributed by atoms with Crippen LogP contribution in [0.3, 0.4) is 0 Å². The summed E-state index contributed by atoms with van der Waals surface area (Å²) < 4.78 is 36.8. The molecule has 2 rings (SSSR count). The standard InChI is InChI=1S/C15H16BrF2N3O3/c1-2-23-13-7-11(3-4-12(13)24-15(17)18)20-14(22)5-6-21-9-10(16)8-19-21/h3-4,7-9,15H,2,5-6H2,1H3,(H,20,22). The van der Waals surface area contributed by atoms with Gasteiger partial charge >= 0.3 is 6.61 Å². The first-order chi connectivity index (χ1) is 11.5. The SMILES string of the molecule is CCOc1cc(NC(=O)CCn2cc(Br)cn2)ccc1OC(F)F. The van der Waals surface area contributed by atoms with Gasteiger partial charge in [-0.3, -0.25) is 9.48 Å². The van der Waals surface area contributed by atoms with E-state index in [9.17, 15) is 13.6 Å². The first-order valence-electron chi connectivity index (χ1n) is 7.17. The number of nitrogens with one attached hydrogen (secondary N) is 1. The van der Waals surface area contributed by atoms with Crippen molar-refractivity contribution in [3.63, 3.8) is 0 Å². The van der Waals surface area contributed by atoms with Gasteiger partial charge in [-0.25, -0.2) is 0 Å². The molecule has 2 aromatic rings. The Bertz CT molecular complexity index is 694. The van der Waals surface area contributed by atoms with Crippen LogP contribution in [0, 0.1) is 0 Å². The molecule has 0 aliphatic rings. The number of aromatic nitrogens is 2. The number of amides is 1. The number of ether oxygens (including phenoxy) is 2. The predicted octanol–water partition coefficient (Wildman–Crippen LogP) is 3.67. The molecule has 0 atom stereocenters. The number of carbonyl (C=O) groups excluding carboxylic acids is 1. The van der Waals surface area contributed by atoms with Crippen LogP contribution in [0.25, 0.3) is 0 Å². The quantitative estimate of drug-likeness (QED) is 0.729. The lowest BCUT2D eigenvalue weighted by Gasteiger charge is -2.13. The molecule has 1 amide bonds. The molecule has 1 aromatic heterocycles. The van der Waals surface area contributed by atoms with Gasteiger partial charge in [0.1, 0.15) is 0 Å². The summed E-state index contributed by atoms with van der Waals surface area (Å²) in [5.74, 6) is -0.163. The Morgan fingerprint density at radius 3 is 2.83 bits per heavy atom. The molecule has 0 aliphatic carbocycles. The molecule has 1 aromatic carbocycles. The molecule has 24 heavy (non-hydrogen) atoms. The molecule has 130 valence electrons. The third-order valence-corrected chi connectivity index (χ3v) is 3.32. The highest BCUT2D eigenvalue weighted by Crippen LogP contribution is 2.31. The second-order valence-corrected chi connectivity index (χ2v) is 5.61. The maximum Gasteiger partial charge on any atom is 0.387 e. The molecule has 0 radical (unpaired) electrons. The Labute approximate surface area is 145 Å².